The number of nitrogens with zero attached hydrogens (tertiary/aromatic N) is 4. The standard InChI is InChI=1S/C25H44N6O/c1-4-29-17-19-30(20-18-29)14-6-5-13-27-25(26-2)28-21-24(31-15-7-8-16-31)22-9-11-23(32-3)12-10-22/h9-12,24H,4-8,13-21H2,1-3H3,(H2,26,27,28). The molecule has 2 saturated heterocycles. The van der Waals surface area contributed by atoms with E-state index >= 15 is 0 Å². The fourth-order valence-electron chi connectivity index (χ4n) is 4.75. The third kappa shape index (κ3) is 7.64. The first kappa shape index (κ1) is 24.8. The van der Waals surface area contributed by atoms with E-state index in [1.807, 2.05) is 7.05 Å². The molecule has 1 aromatic carbocycles. The largest absolute Gasteiger partial charge is 0.497 e. The minimum Gasteiger partial charge on any atom is -0.497 e. The van der Waals surface area contributed by atoms with Gasteiger partial charge >= 0.3 is 0 Å². The van der Waals surface area contributed by atoms with Crippen molar-refractivity contribution in [2.45, 2.75) is 38.6 Å². The van der Waals surface area contributed by atoms with Crippen LogP contribution in [0, 0.1) is 0 Å². The number of likely N-dealkylation sites (N-methyl/N-ethyl adjacent to an activating group) is 1. The van der Waals surface area contributed by atoms with Crippen molar-refractivity contribution < 1.29 is 4.74 Å². The summed E-state index contributed by atoms with van der Waals surface area (Å²) in [6.07, 6.45) is 4.97. The van der Waals surface area contributed by atoms with E-state index < -0.39 is 0 Å². The molecule has 2 aliphatic heterocycles. The van der Waals surface area contributed by atoms with Gasteiger partial charge < -0.3 is 25.2 Å². The maximum Gasteiger partial charge on any atom is 0.191 e. The van der Waals surface area contributed by atoms with Gasteiger partial charge in [-0.05, 0) is 69.6 Å². The molecule has 0 aromatic heterocycles. The Balaban J connectivity index is 1.39. The lowest BCUT2D eigenvalue weighted by atomic mass is 10.1. The molecule has 1 aromatic rings. The van der Waals surface area contributed by atoms with Crippen LogP contribution in [0.1, 0.15) is 44.2 Å². The van der Waals surface area contributed by atoms with Crippen LogP contribution in [0.5, 0.6) is 5.75 Å². The molecule has 0 radical (unpaired) electrons. The van der Waals surface area contributed by atoms with Gasteiger partial charge in [-0.25, -0.2) is 0 Å². The number of hydrogen-bond acceptors (Lipinski definition) is 5. The average molecular weight is 445 g/mol. The lowest BCUT2D eigenvalue weighted by Crippen LogP contribution is -2.46. The predicted molar refractivity (Wildman–Crippen MR) is 134 cm³/mol. The van der Waals surface area contributed by atoms with Crippen molar-refractivity contribution in [3.8, 4) is 5.75 Å². The van der Waals surface area contributed by atoms with E-state index in [0.717, 1.165) is 37.9 Å². The van der Waals surface area contributed by atoms with Gasteiger partial charge in [-0.15, -0.1) is 0 Å². The minimum atomic E-state index is 0.351. The molecule has 1 atom stereocenters. The molecule has 2 aliphatic rings. The minimum absolute atomic E-state index is 0.351. The van der Waals surface area contributed by atoms with Crippen LogP contribution < -0.4 is 15.4 Å². The predicted octanol–water partition coefficient (Wildman–Crippen LogP) is 2.41. The van der Waals surface area contributed by atoms with Gasteiger partial charge in [0.15, 0.2) is 5.96 Å². The third-order valence-electron chi connectivity index (χ3n) is 6.87. The van der Waals surface area contributed by atoms with E-state index in [0.29, 0.717) is 6.04 Å². The zero-order valence-corrected chi connectivity index (χ0v) is 20.5. The number of hydrogen-bond donors (Lipinski definition) is 2. The monoisotopic (exact) mass is 444 g/mol. The number of methoxy groups -OCH3 is 1. The highest BCUT2D eigenvalue weighted by atomic mass is 16.5. The number of nitrogens with one attached hydrogen (secondary N) is 2. The number of likely N-dealkylation sites (tertiary alicyclic amines) is 1. The summed E-state index contributed by atoms with van der Waals surface area (Å²) in [6, 6.07) is 8.87. The van der Waals surface area contributed by atoms with E-state index in [1.165, 1.54) is 70.5 Å². The molecule has 1 unspecified atom stereocenters. The first-order chi connectivity index (χ1) is 15.7. The average Bonchev–Trinajstić information content (AvgIpc) is 3.38. The van der Waals surface area contributed by atoms with Gasteiger partial charge in [0.05, 0.1) is 13.2 Å². The molecule has 7 heteroatoms. The summed E-state index contributed by atoms with van der Waals surface area (Å²) in [5, 5.41) is 7.09. The Morgan fingerprint density at radius 3 is 2.28 bits per heavy atom. The van der Waals surface area contributed by atoms with Crippen LogP contribution in [0.4, 0.5) is 0 Å². The highest BCUT2D eigenvalue weighted by Crippen LogP contribution is 2.26. The van der Waals surface area contributed by atoms with E-state index in [9.17, 15) is 0 Å². The molecule has 7 nitrogen and oxygen atoms in total. The lowest BCUT2D eigenvalue weighted by molar-refractivity contribution is 0.136. The molecule has 2 N–H and O–H groups in total. The van der Waals surface area contributed by atoms with Crippen LogP contribution in [0.3, 0.4) is 0 Å². The van der Waals surface area contributed by atoms with Crippen molar-refractivity contribution >= 4 is 5.96 Å². The van der Waals surface area contributed by atoms with Crippen molar-refractivity contribution in [3.63, 3.8) is 0 Å². The zero-order valence-electron chi connectivity index (χ0n) is 20.5. The van der Waals surface area contributed by atoms with Gasteiger partial charge in [-0.1, -0.05) is 19.1 Å². The molecule has 0 spiro atoms. The van der Waals surface area contributed by atoms with Gasteiger partial charge in [-0.3, -0.25) is 9.89 Å². The fourth-order valence-corrected chi connectivity index (χ4v) is 4.75. The quantitative estimate of drug-likeness (QED) is 0.311. The molecule has 0 aliphatic carbocycles. The zero-order chi connectivity index (χ0) is 22.6. The number of guanidine groups is 1. The smallest absolute Gasteiger partial charge is 0.191 e. The van der Waals surface area contributed by atoms with Crippen molar-refractivity contribution in [2.75, 3.05) is 79.6 Å². The molecular formula is C25H44N6O. The van der Waals surface area contributed by atoms with Gasteiger partial charge in [0, 0.05) is 46.3 Å². The Hall–Kier alpha value is -1.83. The Kier molecular flexibility index (Phi) is 10.6. The number of piperazine rings is 1. The molecule has 180 valence electrons. The highest BCUT2D eigenvalue weighted by Gasteiger charge is 2.23. The number of rotatable bonds is 11. The van der Waals surface area contributed by atoms with Crippen LogP contribution in [0.25, 0.3) is 0 Å². The van der Waals surface area contributed by atoms with Gasteiger partial charge in [-0.2, -0.15) is 0 Å². The normalized spacial score (nSPS) is 19.8. The van der Waals surface area contributed by atoms with Crippen molar-refractivity contribution in [1.29, 1.82) is 0 Å². The maximum absolute atomic E-state index is 5.34. The second kappa shape index (κ2) is 13.7. The molecule has 0 bridgehead atoms. The Labute approximate surface area is 195 Å². The Morgan fingerprint density at radius 1 is 0.969 bits per heavy atom. The van der Waals surface area contributed by atoms with Gasteiger partial charge in [0.25, 0.3) is 0 Å². The first-order valence-corrected chi connectivity index (χ1v) is 12.5. The van der Waals surface area contributed by atoms with Crippen LogP contribution in [0.2, 0.25) is 0 Å². The molecule has 32 heavy (non-hydrogen) atoms. The first-order valence-electron chi connectivity index (χ1n) is 12.5. The van der Waals surface area contributed by atoms with E-state index in [1.54, 1.807) is 7.11 Å². The highest BCUT2D eigenvalue weighted by molar-refractivity contribution is 5.79. The SMILES string of the molecule is CCN1CCN(CCCCNC(=NC)NCC(c2ccc(OC)cc2)N2CCCC2)CC1. The van der Waals surface area contributed by atoms with Crippen LogP contribution in [-0.2, 0) is 0 Å². The van der Waals surface area contributed by atoms with Crippen LogP contribution >= 0.6 is 0 Å². The Bertz CT molecular complexity index is 666. The molecule has 3 rings (SSSR count). The summed E-state index contributed by atoms with van der Waals surface area (Å²) in [6.45, 7) is 13.7. The summed E-state index contributed by atoms with van der Waals surface area (Å²) in [5.74, 6) is 1.81. The topological polar surface area (TPSA) is 55.4 Å². The summed E-state index contributed by atoms with van der Waals surface area (Å²) in [5.41, 5.74) is 1.33. The fraction of sp³-hybridized carbons (Fsp3) is 0.720. The second-order valence-electron chi connectivity index (χ2n) is 8.89. The van der Waals surface area contributed by atoms with Crippen LogP contribution in [0.15, 0.2) is 29.3 Å². The molecule has 0 amide bonds. The lowest BCUT2D eigenvalue weighted by Gasteiger charge is -2.34. The van der Waals surface area contributed by atoms with E-state index in [-0.39, 0.29) is 0 Å². The number of ether oxygens (including phenoxy) is 1. The van der Waals surface area contributed by atoms with E-state index in [2.05, 4.69) is 61.5 Å². The van der Waals surface area contributed by atoms with Gasteiger partial charge in [0.1, 0.15) is 5.75 Å². The second-order valence-corrected chi connectivity index (χ2v) is 8.89. The summed E-state index contributed by atoms with van der Waals surface area (Å²) >= 11 is 0. The van der Waals surface area contributed by atoms with Crippen molar-refractivity contribution in [3.05, 3.63) is 29.8 Å². The maximum atomic E-state index is 5.34. The summed E-state index contributed by atoms with van der Waals surface area (Å²) in [7, 11) is 3.58. The van der Waals surface area contributed by atoms with Crippen LogP contribution in [-0.4, -0.2) is 100 Å². The van der Waals surface area contributed by atoms with E-state index in [4.69, 9.17) is 4.74 Å². The number of unbranched alkanes of at least 4 members (excludes halogenated alkanes) is 1. The number of aliphatic imine (C=N–C) groups is 1. The van der Waals surface area contributed by atoms with Crippen molar-refractivity contribution in [1.82, 2.24) is 25.3 Å². The molecule has 2 heterocycles. The third-order valence-corrected chi connectivity index (χ3v) is 6.87. The van der Waals surface area contributed by atoms with Gasteiger partial charge in [0.2, 0.25) is 0 Å². The summed E-state index contributed by atoms with van der Waals surface area (Å²) in [4.78, 5) is 12.2. The molecule has 0 saturated carbocycles. The molecular weight excluding hydrogens is 400 g/mol. The number of benzene rings is 1. The van der Waals surface area contributed by atoms with Crippen molar-refractivity contribution in [2.24, 2.45) is 4.99 Å². The molecule has 2 fully saturated rings. The summed E-state index contributed by atoms with van der Waals surface area (Å²) < 4.78 is 5.34. The Morgan fingerprint density at radius 2 is 1.66 bits per heavy atom.